The summed E-state index contributed by atoms with van der Waals surface area (Å²) in [6.45, 7) is 4.56. The van der Waals surface area contributed by atoms with Crippen LogP contribution in [0, 0.1) is 5.82 Å². The van der Waals surface area contributed by atoms with Crippen LogP contribution in [-0.2, 0) is 26.1 Å². The van der Waals surface area contributed by atoms with Crippen molar-refractivity contribution in [2.75, 3.05) is 6.54 Å². The molecule has 0 fully saturated rings. The summed E-state index contributed by atoms with van der Waals surface area (Å²) in [4.78, 5) is 12.1. The molecule has 0 aliphatic rings. The summed E-state index contributed by atoms with van der Waals surface area (Å²) in [5, 5.41) is 0.513. The summed E-state index contributed by atoms with van der Waals surface area (Å²) < 4.78 is 45.4. The summed E-state index contributed by atoms with van der Waals surface area (Å²) >= 11 is 5.86. The molecule has 0 atom stereocenters. The fraction of sp³-hybridized carbons (Fsp3) is 0.316. The van der Waals surface area contributed by atoms with Gasteiger partial charge in [0, 0.05) is 11.6 Å². The molecule has 2 rings (SSSR count). The third-order valence-corrected chi connectivity index (χ3v) is 5.51. The molecule has 0 bridgehead atoms. The van der Waals surface area contributed by atoms with Gasteiger partial charge in [-0.25, -0.2) is 12.8 Å². The minimum Gasteiger partial charge on any atom is -0.459 e. The molecule has 8 heteroatoms. The Morgan fingerprint density at radius 1 is 1.07 bits per heavy atom. The number of carbonyl (C=O) groups excluding carboxylic acids is 1. The van der Waals surface area contributed by atoms with Gasteiger partial charge in [0.25, 0.3) is 0 Å². The molecule has 0 saturated heterocycles. The van der Waals surface area contributed by atoms with Crippen molar-refractivity contribution in [3.63, 3.8) is 0 Å². The summed E-state index contributed by atoms with van der Waals surface area (Å²) in [5.41, 5.74) is -0.100. The van der Waals surface area contributed by atoms with Crippen molar-refractivity contribution in [1.29, 1.82) is 0 Å². The average Bonchev–Trinajstić information content (AvgIpc) is 2.55. The number of hydrogen-bond donors (Lipinski definition) is 0. The first-order chi connectivity index (χ1) is 12.5. The SMILES string of the molecule is CC(C)(C)OC(=O)CN(Cc1ccc(Cl)cc1)S(=O)(=O)c1ccc(F)cc1. The maximum atomic E-state index is 13.2. The van der Waals surface area contributed by atoms with Gasteiger partial charge in [-0.05, 0) is 62.7 Å². The first-order valence-electron chi connectivity index (χ1n) is 8.19. The second-order valence-electron chi connectivity index (χ2n) is 6.94. The number of rotatable bonds is 6. The first kappa shape index (κ1) is 21.3. The van der Waals surface area contributed by atoms with Gasteiger partial charge in [-0.3, -0.25) is 4.79 Å². The number of sulfonamides is 1. The Kier molecular flexibility index (Phi) is 6.62. The average molecular weight is 414 g/mol. The molecule has 27 heavy (non-hydrogen) atoms. The largest absolute Gasteiger partial charge is 0.459 e. The molecule has 0 spiro atoms. The standard InChI is InChI=1S/C19H21ClFNO4S/c1-19(2,3)26-18(23)13-22(12-14-4-6-15(20)7-5-14)27(24,25)17-10-8-16(21)9-11-17/h4-11H,12-13H2,1-3H3. The molecule has 2 aromatic carbocycles. The number of carbonyl (C=O) groups is 1. The molecule has 0 saturated carbocycles. The highest BCUT2D eigenvalue weighted by molar-refractivity contribution is 7.89. The lowest BCUT2D eigenvalue weighted by Gasteiger charge is -2.25. The minimum atomic E-state index is -4.04. The zero-order valence-electron chi connectivity index (χ0n) is 15.3. The fourth-order valence-corrected chi connectivity index (χ4v) is 3.79. The van der Waals surface area contributed by atoms with Gasteiger partial charge in [0.05, 0.1) is 4.90 Å². The van der Waals surface area contributed by atoms with Crippen molar-refractivity contribution in [2.45, 2.75) is 37.8 Å². The molecular weight excluding hydrogens is 393 g/mol. The van der Waals surface area contributed by atoms with Crippen LogP contribution in [0.2, 0.25) is 5.02 Å². The van der Waals surface area contributed by atoms with Gasteiger partial charge >= 0.3 is 5.97 Å². The molecule has 146 valence electrons. The molecule has 0 N–H and O–H groups in total. The summed E-state index contributed by atoms with van der Waals surface area (Å²) in [6.07, 6.45) is 0. The molecule has 0 heterocycles. The Balaban J connectivity index is 2.34. The van der Waals surface area contributed by atoms with Gasteiger partial charge in [0.2, 0.25) is 10.0 Å². The van der Waals surface area contributed by atoms with Crippen molar-refractivity contribution in [3.05, 3.63) is 64.9 Å². The van der Waals surface area contributed by atoms with Crippen LogP contribution in [0.1, 0.15) is 26.3 Å². The Morgan fingerprint density at radius 3 is 2.15 bits per heavy atom. The van der Waals surface area contributed by atoms with E-state index < -0.39 is 34.0 Å². The normalized spacial score (nSPS) is 12.2. The summed E-state index contributed by atoms with van der Waals surface area (Å²) in [6, 6.07) is 11.0. The first-order valence-corrected chi connectivity index (χ1v) is 10.0. The van der Waals surface area contributed by atoms with E-state index in [-0.39, 0.29) is 11.4 Å². The quantitative estimate of drug-likeness (QED) is 0.671. The van der Waals surface area contributed by atoms with Crippen LogP contribution < -0.4 is 0 Å². The van der Waals surface area contributed by atoms with Crippen LogP contribution in [0.4, 0.5) is 4.39 Å². The lowest BCUT2D eigenvalue weighted by Crippen LogP contribution is -2.38. The van der Waals surface area contributed by atoms with E-state index >= 15 is 0 Å². The Bertz CT molecular complexity index is 891. The molecule has 0 aromatic heterocycles. The molecule has 5 nitrogen and oxygen atoms in total. The second-order valence-corrected chi connectivity index (χ2v) is 9.31. The number of hydrogen-bond acceptors (Lipinski definition) is 4. The number of nitrogens with zero attached hydrogens (tertiary/aromatic N) is 1. The topological polar surface area (TPSA) is 63.7 Å². The van der Waals surface area contributed by atoms with Gasteiger partial charge in [0.15, 0.2) is 0 Å². The van der Waals surface area contributed by atoms with E-state index in [1.807, 2.05) is 0 Å². The molecule has 0 aliphatic carbocycles. The molecule has 2 aromatic rings. The predicted molar refractivity (Wildman–Crippen MR) is 101 cm³/mol. The van der Waals surface area contributed by atoms with Crippen molar-refractivity contribution in [2.24, 2.45) is 0 Å². The molecule has 0 aliphatic heterocycles. The van der Waals surface area contributed by atoms with E-state index in [2.05, 4.69) is 0 Å². The fourth-order valence-electron chi connectivity index (χ4n) is 2.29. The number of ether oxygens (including phenoxy) is 1. The van der Waals surface area contributed by atoms with Crippen LogP contribution >= 0.6 is 11.6 Å². The van der Waals surface area contributed by atoms with E-state index in [9.17, 15) is 17.6 Å². The summed E-state index contributed by atoms with van der Waals surface area (Å²) in [5.74, 6) is -1.23. The van der Waals surface area contributed by atoms with E-state index in [1.54, 1.807) is 45.0 Å². The smallest absolute Gasteiger partial charge is 0.321 e. The molecule has 0 unspecified atom stereocenters. The zero-order chi connectivity index (χ0) is 20.2. The van der Waals surface area contributed by atoms with Crippen molar-refractivity contribution in [3.8, 4) is 0 Å². The maximum Gasteiger partial charge on any atom is 0.321 e. The van der Waals surface area contributed by atoms with E-state index in [0.717, 1.165) is 28.6 Å². The van der Waals surface area contributed by atoms with Crippen molar-refractivity contribution in [1.82, 2.24) is 4.31 Å². The lowest BCUT2D eigenvalue weighted by atomic mass is 10.2. The highest BCUT2D eigenvalue weighted by Gasteiger charge is 2.29. The molecule has 0 amide bonds. The molecule has 0 radical (unpaired) electrons. The highest BCUT2D eigenvalue weighted by Crippen LogP contribution is 2.20. The van der Waals surface area contributed by atoms with Crippen molar-refractivity contribution < 1.29 is 22.3 Å². The lowest BCUT2D eigenvalue weighted by molar-refractivity contribution is -0.155. The Labute approximate surface area is 163 Å². The molecular formula is C19H21ClFNO4S. The van der Waals surface area contributed by atoms with E-state index in [0.29, 0.717) is 10.6 Å². The summed E-state index contributed by atoms with van der Waals surface area (Å²) in [7, 11) is -4.04. The minimum absolute atomic E-state index is 0.0594. The van der Waals surface area contributed by atoms with Crippen LogP contribution in [-0.4, -0.2) is 30.8 Å². The third kappa shape index (κ3) is 6.30. The van der Waals surface area contributed by atoms with E-state index in [4.69, 9.17) is 16.3 Å². The van der Waals surface area contributed by atoms with Gasteiger partial charge in [0.1, 0.15) is 18.0 Å². The monoisotopic (exact) mass is 413 g/mol. The van der Waals surface area contributed by atoms with Crippen LogP contribution in [0.15, 0.2) is 53.4 Å². The second kappa shape index (κ2) is 8.37. The number of halogens is 2. The zero-order valence-corrected chi connectivity index (χ0v) is 16.8. The highest BCUT2D eigenvalue weighted by atomic mass is 35.5. The third-order valence-electron chi connectivity index (χ3n) is 3.45. The predicted octanol–water partition coefficient (Wildman–Crippen LogP) is 4.01. The number of benzene rings is 2. The van der Waals surface area contributed by atoms with Gasteiger partial charge < -0.3 is 4.74 Å². The van der Waals surface area contributed by atoms with E-state index in [1.165, 1.54) is 0 Å². The van der Waals surface area contributed by atoms with Gasteiger partial charge in [-0.2, -0.15) is 4.31 Å². The Hall–Kier alpha value is -1.96. The van der Waals surface area contributed by atoms with Crippen LogP contribution in [0.25, 0.3) is 0 Å². The van der Waals surface area contributed by atoms with Gasteiger partial charge in [-0.1, -0.05) is 23.7 Å². The van der Waals surface area contributed by atoms with Gasteiger partial charge in [-0.15, -0.1) is 0 Å². The number of esters is 1. The van der Waals surface area contributed by atoms with Crippen molar-refractivity contribution >= 4 is 27.6 Å². The van der Waals surface area contributed by atoms with Crippen LogP contribution in [0.3, 0.4) is 0 Å². The van der Waals surface area contributed by atoms with Crippen LogP contribution in [0.5, 0.6) is 0 Å². The maximum absolute atomic E-state index is 13.2. The Morgan fingerprint density at radius 2 is 1.63 bits per heavy atom.